The predicted octanol–water partition coefficient (Wildman–Crippen LogP) is -0.214. The van der Waals surface area contributed by atoms with E-state index in [0.29, 0.717) is 12.8 Å². The normalized spacial score (nSPS) is 20.2. The second kappa shape index (κ2) is 3.92. The third kappa shape index (κ3) is 2.23. The van der Waals surface area contributed by atoms with Crippen LogP contribution in [0.2, 0.25) is 0 Å². The van der Waals surface area contributed by atoms with Crippen molar-refractivity contribution in [1.82, 2.24) is 5.32 Å². The fourth-order valence-electron chi connectivity index (χ4n) is 1.39. The molecule has 68 valence electrons. The fourth-order valence-corrected chi connectivity index (χ4v) is 2.81. The van der Waals surface area contributed by atoms with Gasteiger partial charge in [-0.25, -0.2) is 8.42 Å². The van der Waals surface area contributed by atoms with Crippen LogP contribution < -0.4 is 5.32 Å². The van der Waals surface area contributed by atoms with Gasteiger partial charge in [-0.05, 0) is 25.9 Å². The largest absolute Gasteiger partial charge is 0.317 e. The molecule has 0 aromatic carbocycles. The maximum absolute atomic E-state index is 11.4. The first kappa shape index (κ1) is 9.56. The summed E-state index contributed by atoms with van der Waals surface area (Å²) in [5.41, 5.74) is 0. The van der Waals surface area contributed by atoms with Crippen LogP contribution in [0.3, 0.4) is 0 Å². The molecule has 1 saturated heterocycles. The zero-order valence-electron chi connectivity index (χ0n) is 6.91. The van der Waals surface area contributed by atoms with E-state index in [0.717, 1.165) is 13.1 Å². The summed E-state index contributed by atoms with van der Waals surface area (Å²) >= 11 is 0. The molecular weight excluding hydrogens is 174 g/mol. The topological polar surface area (TPSA) is 46.2 Å². The maximum atomic E-state index is 11.4. The molecule has 0 amide bonds. The zero-order valence-corrected chi connectivity index (χ0v) is 7.73. The van der Waals surface area contributed by atoms with E-state index >= 15 is 0 Å². The molecule has 0 aromatic heterocycles. The van der Waals surface area contributed by atoms with Crippen LogP contribution in [0.15, 0.2) is 0 Å². The molecule has 0 bridgehead atoms. The third-order valence-corrected chi connectivity index (χ3v) is 4.13. The lowest BCUT2D eigenvalue weighted by Gasteiger charge is -2.21. The number of hydrogen-bond donors (Lipinski definition) is 1. The van der Waals surface area contributed by atoms with Gasteiger partial charge in [-0.15, -0.1) is 6.42 Å². The summed E-state index contributed by atoms with van der Waals surface area (Å²) in [6.45, 7) is 1.57. The molecular formula is C8H13NO2S. The van der Waals surface area contributed by atoms with E-state index in [-0.39, 0.29) is 11.0 Å². The molecule has 0 saturated carbocycles. The van der Waals surface area contributed by atoms with E-state index in [1.54, 1.807) is 0 Å². The Morgan fingerprint density at radius 3 is 2.50 bits per heavy atom. The molecule has 1 N–H and O–H groups in total. The van der Waals surface area contributed by atoms with Gasteiger partial charge in [-0.2, -0.15) is 0 Å². The highest BCUT2D eigenvalue weighted by atomic mass is 32.2. The van der Waals surface area contributed by atoms with Crippen LogP contribution in [-0.4, -0.2) is 32.5 Å². The second-order valence-electron chi connectivity index (χ2n) is 2.96. The molecule has 1 fully saturated rings. The lowest BCUT2D eigenvalue weighted by molar-refractivity contribution is 0.498. The summed E-state index contributed by atoms with van der Waals surface area (Å²) in [5, 5.41) is 2.90. The van der Waals surface area contributed by atoms with Gasteiger partial charge in [0.1, 0.15) is 5.75 Å². The Balaban J connectivity index is 2.62. The van der Waals surface area contributed by atoms with Crippen LogP contribution in [0.4, 0.5) is 0 Å². The summed E-state index contributed by atoms with van der Waals surface area (Å²) in [6, 6.07) is 0. The molecule has 3 nitrogen and oxygen atoms in total. The quantitative estimate of drug-likeness (QED) is 0.608. The number of hydrogen-bond acceptors (Lipinski definition) is 3. The Hall–Kier alpha value is -0.530. The van der Waals surface area contributed by atoms with Gasteiger partial charge in [0.25, 0.3) is 0 Å². The Bertz CT molecular complexity index is 270. The lowest BCUT2D eigenvalue weighted by Crippen LogP contribution is -2.36. The smallest absolute Gasteiger partial charge is 0.164 e. The molecule has 0 radical (unpaired) electrons. The minimum absolute atomic E-state index is 0.113. The van der Waals surface area contributed by atoms with Crippen LogP contribution in [0.5, 0.6) is 0 Å². The van der Waals surface area contributed by atoms with Gasteiger partial charge in [0.05, 0.1) is 5.25 Å². The van der Waals surface area contributed by atoms with Crippen molar-refractivity contribution < 1.29 is 8.42 Å². The standard InChI is InChI=1S/C8H13NO2S/c1-2-7-12(10,11)8-3-5-9-6-4-8/h1,8-9H,3-7H2. The summed E-state index contributed by atoms with van der Waals surface area (Å²) in [4.78, 5) is 0. The van der Waals surface area contributed by atoms with Crippen molar-refractivity contribution in [2.24, 2.45) is 0 Å². The lowest BCUT2D eigenvalue weighted by atomic mass is 10.2. The molecule has 1 rings (SSSR count). The van der Waals surface area contributed by atoms with Crippen molar-refractivity contribution in [3.8, 4) is 12.3 Å². The Kier molecular flexibility index (Phi) is 3.12. The SMILES string of the molecule is C#CCS(=O)(=O)C1CCNCC1. The molecule has 12 heavy (non-hydrogen) atoms. The molecule has 0 aromatic rings. The van der Waals surface area contributed by atoms with Crippen LogP contribution in [-0.2, 0) is 9.84 Å². The van der Waals surface area contributed by atoms with Crippen molar-refractivity contribution in [3.63, 3.8) is 0 Å². The van der Waals surface area contributed by atoms with Crippen LogP contribution in [0.1, 0.15) is 12.8 Å². The molecule has 0 aliphatic carbocycles. The van der Waals surface area contributed by atoms with Crippen LogP contribution in [0.25, 0.3) is 0 Å². The van der Waals surface area contributed by atoms with Crippen molar-refractivity contribution >= 4 is 9.84 Å². The van der Waals surface area contributed by atoms with Crippen molar-refractivity contribution in [3.05, 3.63) is 0 Å². The highest BCUT2D eigenvalue weighted by molar-refractivity contribution is 7.92. The molecule has 0 unspecified atom stereocenters. The van der Waals surface area contributed by atoms with Crippen molar-refractivity contribution in [2.45, 2.75) is 18.1 Å². The summed E-state index contributed by atoms with van der Waals surface area (Å²) in [7, 11) is -3.01. The van der Waals surface area contributed by atoms with Crippen molar-refractivity contribution in [2.75, 3.05) is 18.8 Å². The number of sulfone groups is 1. The first-order valence-corrected chi connectivity index (χ1v) is 5.74. The van der Waals surface area contributed by atoms with Gasteiger partial charge < -0.3 is 5.32 Å². The van der Waals surface area contributed by atoms with E-state index in [4.69, 9.17) is 6.42 Å². The second-order valence-corrected chi connectivity index (χ2v) is 5.24. The molecule has 1 aliphatic heterocycles. The number of nitrogens with one attached hydrogen (secondary N) is 1. The number of piperidine rings is 1. The first-order valence-electron chi connectivity index (χ1n) is 4.02. The molecule has 4 heteroatoms. The van der Waals surface area contributed by atoms with E-state index < -0.39 is 9.84 Å². The van der Waals surface area contributed by atoms with Gasteiger partial charge in [-0.1, -0.05) is 5.92 Å². The summed E-state index contributed by atoms with van der Waals surface area (Å²) in [6.07, 6.45) is 6.37. The Labute approximate surface area is 73.5 Å². The van der Waals surface area contributed by atoms with Gasteiger partial charge in [0, 0.05) is 0 Å². The van der Waals surface area contributed by atoms with E-state index in [2.05, 4.69) is 11.2 Å². The Morgan fingerprint density at radius 2 is 2.00 bits per heavy atom. The van der Waals surface area contributed by atoms with E-state index in [9.17, 15) is 8.42 Å². The highest BCUT2D eigenvalue weighted by Crippen LogP contribution is 2.13. The van der Waals surface area contributed by atoms with Gasteiger partial charge in [-0.3, -0.25) is 0 Å². The number of terminal acetylenes is 1. The number of rotatable bonds is 2. The molecule has 0 atom stereocenters. The van der Waals surface area contributed by atoms with Crippen LogP contribution in [0, 0.1) is 12.3 Å². The highest BCUT2D eigenvalue weighted by Gasteiger charge is 2.25. The van der Waals surface area contributed by atoms with Gasteiger partial charge in [0.2, 0.25) is 0 Å². The van der Waals surface area contributed by atoms with E-state index in [1.165, 1.54) is 0 Å². The average molecular weight is 187 g/mol. The first-order chi connectivity index (χ1) is 5.67. The Morgan fingerprint density at radius 1 is 1.42 bits per heavy atom. The fraction of sp³-hybridized carbons (Fsp3) is 0.750. The predicted molar refractivity (Wildman–Crippen MR) is 48.5 cm³/mol. The minimum Gasteiger partial charge on any atom is -0.317 e. The molecule has 1 heterocycles. The third-order valence-electron chi connectivity index (χ3n) is 2.08. The monoisotopic (exact) mass is 187 g/mol. The maximum Gasteiger partial charge on any atom is 0.164 e. The van der Waals surface area contributed by atoms with Crippen molar-refractivity contribution in [1.29, 1.82) is 0 Å². The van der Waals surface area contributed by atoms with Gasteiger partial charge >= 0.3 is 0 Å². The average Bonchev–Trinajstić information content (AvgIpc) is 2.06. The summed E-state index contributed by atoms with van der Waals surface area (Å²) < 4.78 is 22.8. The summed E-state index contributed by atoms with van der Waals surface area (Å²) in [5.74, 6) is 2.08. The molecule has 1 aliphatic rings. The van der Waals surface area contributed by atoms with Gasteiger partial charge in [0.15, 0.2) is 9.84 Å². The minimum atomic E-state index is -3.01. The van der Waals surface area contributed by atoms with Crippen LogP contribution >= 0.6 is 0 Å². The molecule has 0 spiro atoms. The zero-order chi connectivity index (χ0) is 9.03. The van der Waals surface area contributed by atoms with E-state index in [1.807, 2.05) is 0 Å².